The maximum atomic E-state index is 12.3. The second kappa shape index (κ2) is 9.64. The van der Waals surface area contributed by atoms with Crippen LogP contribution in [-0.2, 0) is 16.0 Å². The van der Waals surface area contributed by atoms with Gasteiger partial charge in [-0.25, -0.2) is 0 Å². The van der Waals surface area contributed by atoms with Gasteiger partial charge in [0.1, 0.15) is 11.5 Å². The molecule has 0 saturated heterocycles. The zero-order chi connectivity index (χ0) is 20.6. The summed E-state index contributed by atoms with van der Waals surface area (Å²) in [5.74, 6) is 0.569. The van der Waals surface area contributed by atoms with E-state index in [2.05, 4.69) is 10.3 Å². The third-order valence-electron chi connectivity index (χ3n) is 4.58. The van der Waals surface area contributed by atoms with Crippen LogP contribution in [0.2, 0.25) is 0 Å². The lowest BCUT2D eigenvalue weighted by Gasteiger charge is -2.12. The molecule has 0 spiro atoms. The SMILES string of the molecule is CC(=O)CCc1ccc(OCC(=O)Nc2cc(-c3ccncc3)ccc2C)cc1. The molecule has 1 N–H and O–H groups in total. The second-order valence-electron chi connectivity index (χ2n) is 6.95. The molecule has 3 aromatic rings. The van der Waals surface area contributed by atoms with Crippen LogP contribution in [-0.4, -0.2) is 23.3 Å². The summed E-state index contributed by atoms with van der Waals surface area (Å²) in [4.78, 5) is 27.4. The number of carbonyl (C=O) groups excluding carboxylic acids is 2. The van der Waals surface area contributed by atoms with Crippen molar-refractivity contribution >= 4 is 17.4 Å². The number of carbonyl (C=O) groups is 2. The van der Waals surface area contributed by atoms with Crippen molar-refractivity contribution in [3.63, 3.8) is 0 Å². The van der Waals surface area contributed by atoms with E-state index in [4.69, 9.17) is 4.74 Å². The summed E-state index contributed by atoms with van der Waals surface area (Å²) in [6.45, 7) is 3.46. The molecule has 0 aliphatic heterocycles. The molecule has 29 heavy (non-hydrogen) atoms. The van der Waals surface area contributed by atoms with Gasteiger partial charge in [-0.1, -0.05) is 24.3 Å². The van der Waals surface area contributed by atoms with Crippen LogP contribution in [0.4, 0.5) is 5.69 Å². The smallest absolute Gasteiger partial charge is 0.262 e. The van der Waals surface area contributed by atoms with Gasteiger partial charge in [0.05, 0.1) is 0 Å². The molecule has 148 valence electrons. The van der Waals surface area contributed by atoms with Crippen molar-refractivity contribution in [1.82, 2.24) is 4.98 Å². The molecule has 0 atom stereocenters. The third kappa shape index (κ3) is 6.01. The van der Waals surface area contributed by atoms with E-state index in [1.54, 1.807) is 19.3 Å². The van der Waals surface area contributed by atoms with E-state index in [0.717, 1.165) is 27.9 Å². The summed E-state index contributed by atoms with van der Waals surface area (Å²) in [7, 11) is 0. The summed E-state index contributed by atoms with van der Waals surface area (Å²) < 4.78 is 5.59. The molecule has 1 amide bonds. The molecular weight excluding hydrogens is 364 g/mol. The van der Waals surface area contributed by atoms with Gasteiger partial charge in [-0.2, -0.15) is 0 Å². The lowest BCUT2D eigenvalue weighted by molar-refractivity contribution is -0.118. The van der Waals surface area contributed by atoms with Crippen molar-refractivity contribution in [3.05, 3.63) is 78.1 Å². The summed E-state index contributed by atoms with van der Waals surface area (Å²) in [5.41, 5.74) is 4.85. The number of hydrogen-bond acceptors (Lipinski definition) is 4. The first kappa shape index (κ1) is 20.3. The molecule has 0 saturated carbocycles. The van der Waals surface area contributed by atoms with Crippen LogP contribution in [0.5, 0.6) is 5.75 Å². The predicted octanol–water partition coefficient (Wildman–Crippen LogP) is 4.60. The van der Waals surface area contributed by atoms with Gasteiger partial charge in [-0.3, -0.25) is 9.78 Å². The van der Waals surface area contributed by atoms with Crippen molar-refractivity contribution in [2.24, 2.45) is 0 Å². The summed E-state index contributed by atoms with van der Waals surface area (Å²) in [5, 5.41) is 2.92. The quantitative estimate of drug-likeness (QED) is 0.612. The highest BCUT2D eigenvalue weighted by atomic mass is 16.5. The van der Waals surface area contributed by atoms with Crippen molar-refractivity contribution in [2.75, 3.05) is 11.9 Å². The van der Waals surface area contributed by atoms with Gasteiger partial charge in [0, 0.05) is 24.5 Å². The van der Waals surface area contributed by atoms with Gasteiger partial charge < -0.3 is 14.8 Å². The minimum atomic E-state index is -0.222. The number of benzene rings is 2. The van der Waals surface area contributed by atoms with E-state index in [9.17, 15) is 9.59 Å². The molecule has 0 unspecified atom stereocenters. The highest BCUT2D eigenvalue weighted by Gasteiger charge is 2.08. The number of nitrogens with one attached hydrogen (secondary N) is 1. The molecule has 2 aromatic carbocycles. The fourth-order valence-electron chi connectivity index (χ4n) is 2.89. The molecule has 3 rings (SSSR count). The van der Waals surface area contributed by atoms with Gasteiger partial charge in [-0.05, 0) is 72.9 Å². The highest BCUT2D eigenvalue weighted by Crippen LogP contribution is 2.25. The number of amides is 1. The topological polar surface area (TPSA) is 68.3 Å². The molecule has 0 aliphatic rings. The number of nitrogens with zero attached hydrogens (tertiary/aromatic N) is 1. The van der Waals surface area contributed by atoms with E-state index < -0.39 is 0 Å². The monoisotopic (exact) mass is 388 g/mol. The normalized spacial score (nSPS) is 10.4. The van der Waals surface area contributed by atoms with Gasteiger partial charge in [0.2, 0.25) is 0 Å². The van der Waals surface area contributed by atoms with Crippen molar-refractivity contribution in [1.29, 1.82) is 0 Å². The standard InChI is InChI=1S/C24H24N2O3/c1-17-3-8-21(20-11-13-25-14-12-20)15-23(17)26-24(28)16-29-22-9-6-19(7-10-22)5-4-18(2)27/h3,6-15H,4-5,16H2,1-2H3,(H,26,28). The van der Waals surface area contributed by atoms with E-state index >= 15 is 0 Å². The van der Waals surface area contributed by atoms with Crippen LogP contribution in [0.15, 0.2) is 67.0 Å². The van der Waals surface area contributed by atoms with Gasteiger partial charge >= 0.3 is 0 Å². The van der Waals surface area contributed by atoms with Crippen LogP contribution in [0, 0.1) is 6.92 Å². The fourth-order valence-corrected chi connectivity index (χ4v) is 2.89. The maximum absolute atomic E-state index is 12.3. The Labute approximate surface area is 170 Å². The summed E-state index contributed by atoms with van der Waals surface area (Å²) >= 11 is 0. The number of ether oxygens (including phenoxy) is 1. The van der Waals surface area contributed by atoms with Gasteiger partial charge in [-0.15, -0.1) is 0 Å². The molecule has 0 bridgehead atoms. The number of rotatable bonds is 8. The van der Waals surface area contributed by atoms with Gasteiger partial charge in [0.15, 0.2) is 6.61 Å². The van der Waals surface area contributed by atoms with E-state index in [1.807, 2.05) is 61.5 Å². The first-order valence-electron chi connectivity index (χ1n) is 9.53. The van der Waals surface area contributed by atoms with Crippen molar-refractivity contribution in [2.45, 2.75) is 26.7 Å². The Bertz CT molecular complexity index is 983. The Morgan fingerprint density at radius 2 is 1.69 bits per heavy atom. The fraction of sp³-hybridized carbons (Fsp3) is 0.208. The molecule has 1 aromatic heterocycles. The number of pyridine rings is 1. The Morgan fingerprint density at radius 3 is 2.38 bits per heavy atom. The highest BCUT2D eigenvalue weighted by molar-refractivity contribution is 5.93. The zero-order valence-electron chi connectivity index (χ0n) is 16.6. The van der Waals surface area contributed by atoms with Crippen molar-refractivity contribution in [3.8, 4) is 16.9 Å². The number of hydrogen-bond donors (Lipinski definition) is 1. The molecule has 5 heteroatoms. The largest absolute Gasteiger partial charge is 0.484 e. The van der Waals surface area contributed by atoms with Crippen LogP contribution >= 0.6 is 0 Å². The number of Topliss-reactive ketones (excluding diaryl/α,β-unsaturated/α-hetero) is 1. The Morgan fingerprint density at radius 1 is 0.966 bits per heavy atom. The lowest BCUT2D eigenvalue weighted by atomic mass is 10.0. The third-order valence-corrected chi connectivity index (χ3v) is 4.58. The molecule has 0 fully saturated rings. The predicted molar refractivity (Wildman–Crippen MR) is 114 cm³/mol. The molecular formula is C24H24N2O3. The number of ketones is 1. The first-order valence-corrected chi connectivity index (χ1v) is 9.53. The molecule has 0 radical (unpaired) electrons. The van der Waals surface area contributed by atoms with Gasteiger partial charge in [0.25, 0.3) is 5.91 Å². The second-order valence-corrected chi connectivity index (χ2v) is 6.95. The Hall–Kier alpha value is -3.47. The molecule has 1 heterocycles. The average Bonchev–Trinajstić information content (AvgIpc) is 2.73. The van der Waals surface area contributed by atoms with E-state index in [1.165, 1.54) is 0 Å². The van der Waals surface area contributed by atoms with Crippen LogP contribution in [0.25, 0.3) is 11.1 Å². The number of aryl methyl sites for hydroxylation is 2. The average molecular weight is 388 g/mol. The molecule has 0 aliphatic carbocycles. The minimum absolute atomic E-state index is 0.0777. The summed E-state index contributed by atoms with van der Waals surface area (Å²) in [6.07, 6.45) is 4.73. The zero-order valence-corrected chi connectivity index (χ0v) is 16.6. The number of aromatic nitrogens is 1. The minimum Gasteiger partial charge on any atom is -0.484 e. The number of anilines is 1. The van der Waals surface area contributed by atoms with Crippen LogP contribution < -0.4 is 10.1 Å². The molecule has 5 nitrogen and oxygen atoms in total. The Balaban J connectivity index is 1.57. The van der Waals surface area contributed by atoms with Crippen molar-refractivity contribution < 1.29 is 14.3 Å². The Kier molecular flexibility index (Phi) is 6.74. The van der Waals surface area contributed by atoms with E-state index in [-0.39, 0.29) is 18.3 Å². The van der Waals surface area contributed by atoms with Crippen LogP contribution in [0.1, 0.15) is 24.5 Å². The lowest BCUT2D eigenvalue weighted by Crippen LogP contribution is -2.20. The summed E-state index contributed by atoms with van der Waals surface area (Å²) in [6, 6.07) is 17.3. The maximum Gasteiger partial charge on any atom is 0.262 e. The van der Waals surface area contributed by atoms with Crippen LogP contribution in [0.3, 0.4) is 0 Å². The van der Waals surface area contributed by atoms with E-state index in [0.29, 0.717) is 18.6 Å². The first-order chi connectivity index (χ1) is 14.0.